The van der Waals surface area contributed by atoms with Gasteiger partial charge in [0, 0.05) is 19.0 Å². The molecule has 1 aromatic heterocycles. The monoisotopic (exact) mass is 324 g/mol. The van der Waals surface area contributed by atoms with Gasteiger partial charge in [-0.1, -0.05) is 23.7 Å². The average Bonchev–Trinajstić information content (AvgIpc) is 2.91. The number of nitrogens with zero attached hydrogens (tertiary/aromatic N) is 1. The quantitative estimate of drug-likeness (QED) is 0.788. The standard InChI is InChI=1S/C15H17ClN2O2S/c1-11(19)17-7-4-8-21-10-15-18-9-14(20-15)12-5-2-3-6-13(12)16/h2-3,5-6,9H,4,7-8,10H2,1H3,(H,17,19). The molecule has 112 valence electrons. The molecule has 0 aliphatic heterocycles. The van der Waals surface area contributed by atoms with E-state index >= 15 is 0 Å². The molecule has 0 saturated carbocycles. The highest BCUT2D eigenvalue weighted by atomic mass is 35.5. The van der Waals surface area contributed by atoms with Crippen molar-refractivity contribution in [3.8, 4) is 11.3 Å². The van der Waals surface area contributed by atoms with Crippen LogP contribution in [0.25, 0.3) is 11.3 Å². The minimum atomic E-state index is 0.0112. The molecule has 1 heterocycles. The summed E-state index contributed by atoms with van der Waals surface area (Å²) in [6.07, 6.45) is 2.64. The van der Waals surface area contributed by atoms with Gasteiger partial charge < -0.3 is 9.73 Å². The molecule has 0 aliphatic rings. The molecule has 0 bridgehead atoms. The summed E-state index contributed by atoms with van der Waals surface area (Å²) < 4.78 is 5.71. The van der Waals surface area contributed by atoms with E-state index in [1.54, 1.807) is 18.0 Å². The molecule has 0 saturated heterocycles. The Balaban J connectivity index is 1.79. The molecule has 0 fully saturated rings. The van der Waals surface area contributed by atoms with Gasteiger partial charge in [-0.2, -0.15) is 11.8 Å². The smallest absolute Gasteiger partial charge is 0.216 e. The first kappa shape index (κ1) is 15.9. The van der Waals surface area contributed by atoms with Gasteiger partial charge in [0.25, 0.3) is 0 Å². The van der Waals surface area contributed by atoms with Gasteiger partial charge in [-0.05, 0) is 24.3 Å². The third-order valence-corrected chi connectivity index (χ3v) is 4.12. The van der Waals surface area contributed by atoms with E-state index in [1.807, 2.05) is 24.3 Å². The van der Waals surface area contributed by atoms with Crippen molar-refractivity contribution >= 4 is 29.3 Å². The fourth-order valence-electron chi connectivity index (χ4n) is 1.76. The molecule has 0 spiro atoms. The predicted molar refractivity (Wildman–Crippen MR) is 86.4 cm³/mol. The van der Waals surface area contributed by atoms with E-state index in [1.165, 1.54) is 6.92 Å². The Morgan fingerprint density at radius 3 is 3.00 bits per heavy atom. The molecule has 0 radical (unpaired) electrons. The Labute approximate surface area is 133 Å². The molecular weight excluding hydrogens is 308 g/mol. The molecule has 1 amide bonds. The number of rotatable bonds is 7. The molecular formula is C15H17ClN2O2S. The van der Waals surface area contributed by atoms with E-state index < -0.39 is 0 Å². The third-order valence-electron chi connectivity index (χ3n) is 2.76. The lowest BCUT2D eigenvalue weighted by Crippen LogP contribution is -2.21. The van der Waals surface area contributed by atoms with E-state index in [0.29, 0.717) is 29.0 Å². The van der Waals surface area contributed by atoms with Crippen LogP contribution >= 0.6 is 23.4 Å². The zero-order valence-corrected chi connectivity index (χ0v) is 13.3. The molecule has 21 heavy (non-hydrogen) atoms. The van der Waals surface area contributed by atoms with E-state index in [9.17, 15) is 4.79 Å². The fourth-order valence-corrected chi connectivity index (χ4v) is 2.79. The van der Waals surface area contributed by atoms with Crippen molar-refractivity contribution in [3.63, 3.8) is 0 Å². The van der Waals surface area contributed by atoms with Crippen LogP contribution in [0, 0.1) is 0 Å². The van der Waals surface area contributed by atoms with Crippen LogP contribution in [0.4, 0.5) is 0 Å². The summed E-state index contributed by atoms with van der Waals surface area (Å²) in [4.78, 5) is 15.0. The molecule has 4 nitrogen and oxygen atoms in total. The highest BCUT2D eigenvalue weighted by Crippen LogP contribution is 2.28. The summed E-state index contributed by atoms with van der Waals surface area (Å²) in [5.74, 6) is 3.05. The third kappa shape index (κ3) is 5.10. The van der Waals surface area contributed by atoms with E-state index in [-0.39, 0.29) is 5.91 Å². The Bertz CT molecular complexity index is 601. The second-order valence-corrected chi connectivity index (χ2v) is 6.00. The number of amides is 1. The van der Waals surface area contributed by atoms with Gasteiger partial charge in [0.15, 0.2) is 5.76 Å². The van der Waals surface area contributed by atoms with Crippen LogP contribution in [-0.4, -0.2) is 23.2 Å². The summed E-state index contributed by atoms with van der Waals surface area (Å²) in [5.41, 5.74) is 0.855. The first-order chi connectivity index (χ1) is 10.2. The fraction of sp³-hybridized carbons (Fsp3) is 0.333. The van der Waals surface area contributed by atoms with Gasteiger partial charge >= 0.3 is 0 Å². The Hall–Kier alpha value is -1.46. The van der Waals surface area contributed by atoms with Crippen molar-refractivity contribution < 1.29 is 9.21 Å². The van der Waals surface area contributed by atoms with Gasteiger partial charge in [0.2, 0.25) is 11.8 Å². The molecule has 0 unspecified atom stereocenters. The number of oxazole rings is 1. The van der Waals surface area contributed by atoms with Crippen molar-refractivity contribution in [1.82, 2.24) is 10.3 Å². The minimum Gasteiger partial charge on any atom is -0.440 e. The molecule has 2 rings (SSSR count). The van der Waals surface area contributed by atoms with Gasteiger partial charge in [-0.3, -0.25) is 4.79 Å². The lowest BCUT2D eigenvalue weighted by Gasteiger charge is -2.01. The maximum Gasteiger partial charge on any atom is 0.216 e. The van der Waals surface area contributed by atoms with Gasteiger partial charge in [0.05, 0.1) is 17.0 Å². The summed E-state index contributed by atoms with van der Waals surface area (Å²) in [6, 6.07) is 7.54. The van der Waals surface area contributed by atoms with Crippen LogP contribution in [0.5, 0.6) is 0 Å². The first-order valence-electron chi connectivity index (χ1n) is 6.68. The van der Waals surface area contributed by atoms with Crippen molar-refractivity contribution in [2.45, 2.75) is 19.1 Å². The van der Waals surface area contributed by atoms with Crippen LogP contribution in [0.2, 0.25) is 5.02 Å². The topological polar surface area (TPSA) is 55.1 Å². The number of carbonyl (C=O) groups is 1. The second kappa shape index (κ2) is 8.10. The number of halogens is 1. The maximum atomic E-state index is 10.7. The summed E-state index contributed by atoms with van der Waals surface area (Å²) >= 11 is 7.86. The highest BCUT2D eigenvalue weighted by molar-refractivity contribution is 7.98. The number of aromatic nitrogens is 1. The number of thioether (sulfide) groups is 1. The highest BCUT2D eigenvalue weighted by Gasteiger charge is 2.09. The number of nitrogens with one attached hydrogen (secondary N) is 1. The minimum absolute atomic E-state index is 0.0112. The molecule has 6 heteroatoms. The molecule has 1 N–H and O–H groups in total. The van der Waals surface area contributed by atoms with Crippen LogP contribution in [0.1, 0.15) is 19.2 Å². The van der Waals surface area contributed by atoms with Crippen molar-refractivity contribution in [3.05, 3.63) is 41.4 Å². The summed E-state index contributed by atoms with van der Waals surface area (Å²) in [7, 11) is 0. The van der Waals surface area contributed by atoms with Crippen LogP contribution in [0.15, 0.2) is 34.9 Å². The first-order valence-corrected chi connectivity index (χ1v) is 8.22. The van der Waals surface area contributed by atoms with Crippen molar-refractivity contribution in [1.29, 1.82) is 0 Å². The average molecular weight is 325 g/mol. The van der Waals surface area contributed by atoms with Gasteiger partial charge in [0.1, 0.15) is 0 Å². The molecule has 1 aromatic carbocycles. The molecule has 2 aromatic rings. The van der Waals surface area contributed by atoms with Gasteiger partial charge in [-0.25, -0.2) is 4.98 Å². The number of carbonyl (C=O) groups excluding carboxylic acids is 1. The number of hydrogen-bond donors (Lipinski definition) is 1. The SMILES string of the molecule is CC(=O)NCCCSCc1ncc(-c2ccccc2Cl)o1. The Morgan fingerprint density at radius 1 is 1.43 bits per heavy atom. The van der Waals surface area contributed by atoms with E-state index in [0.717, 1.165) is 17.7 Å². The number of hydrogen-bond acceptors (Lipinski definition) is 4. The van der Waals surface area contributed by atoms with Gasteiger partial charge in [-0.15, -0.1) is 0 Å². The van der Waals surface area contributed by atoms with Crippen molar-refractivity contribution in [2.75, 3.05) is 12.3 Å². The lowest BCUT2D eigenvalue weighted by atomic mass is 10.2. The predicted octanol–water partition coefficient (Wildman–Crippen LogP) is 3.75. The molecule has 0 atom stereocenters. The summed E-state index contributed by atoms with van der Waals surface area (Å²) in [6.45, 7) is 2.23. The zero-order chi connectivity index (χ0) is 15.1. The largest absolute Gasteiger partial charge is 0.440 e. The molecule has 0 aliphatic carbocycles. The Kier molecular flexibility index (Phi) is 6.14. The van der Waals surface area contributed by atoms with Crippen LogP contribution in [-0.2, 0) is 10.5 Å². The van der Waals surface area contributed by atoms with Crippen molar-refractivity contribution in [2.24, 2.45) is 0 Å². The maximum absolute atomic E-state index is 10.7. The van der Waals surface area contributed by atoms with E-state index in [4.69, 9.17) is 16.0 Å². The lowest BCUT2D eigenvalue weighted by molar-refractivity contribution is -0.118. The second-order valence-electron chi connectivity index (χ2n) is 4.49. The normalized spacial score (nSPS) is 10.6. The Morgan fingerprint density at radius 2 is 2.24 bits per heavy atom. The number of benzene rings is 1. The van der Waals surface area contributed by atoms with Crippen LogP contribution < -0.4 is 5.32 Å². The zero-order valence-electron chi connectivity index (χ0n) is 11.8. The summed E-state index contributed by atoms with van der Waals surface area (Å²) in [5, 5.41) is 3.43. The van der Waals surface area contributed by atoms with Crippen LogP contribution in [0.3, 0.4) is 0 Å². The van der Waals surface area contributed by atoms with E-state index in [2.05, 4.69) is 10.3 Å².